The van der Waals surface area contributed by atoms with Crippen LogP contribution in [0, 0.1) is 5.92 Å². The molecule has 0 amide bonds. The topological polar surface area (TPSA) is 64.7 Å². The van der Waals surface area contributed by atoms with Crippen molar-refractivity contribution in [2.45, 2.75) is 44.3 Å². The highest BCUT2D eigenvalue weighted by atomic mass is 19.4. The molecular formula is C23H24F4N2O2. The van der Waals surface area contributed by atoms with Crippen LogP contribution in [0.25, 0.3) is 0 Å². The highest BCUT2D eigenvalue weighted by Gasteiger charge is 2.37. The summed E-state index contributed by atoms with van der Waals surface area (Å²) in [5.41, 5.74) is 6.60. The molecule has 0 saturated carbocycles. The van der Waals surface area contributed by atoms with E-state index in [0.29, 0.717) is 30.2 Å². The number of alkyl halides is 3. The van der Waals surface area contributed by atoms with Crippen molar-refractivity contribution in [3.8, 4) is 0 Å². The molecular weight excluding hydrogens is 412 g/mol. The second kappa shape index (κ2) is 9.60. The maximum Gasteiger partial charge on any atom is 0.416 e. The first-order valence-electron chi connectivity index (χ1n) is 10.0. The fourth-order valence-electron chi connectivity index (χ4n) is 3.96. The number of carbonyl (C=O) groups excluding carboxylic acids is 1. The molecule has 4 nitrogen and oxygen atoms in total. The van der Waals surface area contributed by atoms with E-state index in [1.165, 1.54) is 13.2 Å². The number of rotatable bonds is 4. The van der Waals surface area contributed by atoms with Crippen LogP contribution in [0.1, 0.15) is 32.1 Å². The summed E-state index contributed by atoms with van der Waals surface area (Å²) in [6.45, 7) is 0. The zero-order valence-electron chi connectivity index (χ0n) is 17.1. The van der Waals surface area contributed by atoms with Gasteiger partial charge in [0.25, 0.3) is 0 Å². The summed E-state index contributed by atoms with van der Waals surface area (Å²) >= 11 is 0. The van der Waals surface area contributed by atoms with Gasteiger partial charge >= 0.3 is 12.1 Å². The fraction of sp³-hybridized carbons (Fsp3) is 0.391. The number of hydrogen-bond donors (Lipinski definition) is 1. The molecule has 166 valence electrons. The van der Waals surface area contributed by atoms with E-state index >= 15 is 0 Å². The van der Waals surface area contributed by atoms with E-state index in [-0.39, 0.29) is 30.8 Å². The number of ether oxygens (including phenoxy) is 1. The van der Waals surface area contributed by atoms with Crippen LogP contribution < -0.4 is 5.73 Å². The second-order valence-corrected chi connectivity index (χ2v) is 7.58. The third kappa shape index (κ3) is 5.50. The normalized spacial score (nSPS) is 22.8. The van der Waals surface area contributed by atoms with Gasteiger partial charge in [-0.15, -0.1) is 0 Å². The van der Waals surface area contributed by atoms with Crippen LogP contribution in [0.2, 0.25) is 0 Å². The Balaban J connectivity index is 2.14. The van der Waals surface area contributed by atoms with Gasteiger partial charge in [0.15, 0.2) is 0 Å². The predicted octanol–water partition coefficient (Wildman–Crippen LogP) is 5.17. The van der Waals surface area contributed by atoms with E-state index in [4.69, 9.17) is 5.73 Å². The molecule has 0 aromatic heterocycles. The maximum atomic E-state index is 14.0. The van der Waals surface area contributed by atoms with E-state index in [0.717, 1.165) is 11.6 Å². The minimum absolute atomic E-state index is 0.00682. The van der Waals surface area contributed by atoms with Gasteiger partial charge in [0.2, 0.25) is 0 Å². The van der Waals surface area contributed by atoms with Crippen LogP contribution in [-0.4, -0.2) is 31.0 Å². The van der Waals surface area contributed by atoms with Gasteiger partial charge in [-0.2, -0.15) is 13.2 Å². The molecule has 2 aliphatic carbocycles. The van der Waals surface area contributed by atoms with E-state index < -0.39 is 29.6 Å². The van der Waals surface area contributed by atoms with Crippen molar-refractivity contribution >= 4 is 11.7 Å². The first-order valence-corrected chi connectivity index (χ1v) is 10.0. The Labute approximate surface area is 178 Å². The Morgan fingerprint density at radius 1 is 1.32 bits per heavy atom. The van der Waals surface area contributed by atoms with Crippen molar-refractivity contribution in [3.05, 3.63) is 70.8 Å². The number of hydrogen-bond acceptors (Lipinski definition) is 4. The zero-order chi connectivity index (χ0) is 22.6. The molecule has 1 aliphatic heterocycles. The molecule has 0 spiro atoms. The lowest BCUT2D eigenvalue weighted by Crippen LogP contribution is -2.32. The lowest BCUT2D eigenvalue weighted by atomic mass is 9.82. The Morgan fingerprint density at radius 3 is 2.81 bits per heavy atom. The summed E-state index contributed by atoms with van der Waals surface area (Å²) in [6.07, 6.45) is 6.78. The van der Waals surface area contributed by atoms with Gasteiger partial charge in [-0.1, -0.05) is 29.9 Å². The molecule has 3 aliphatic rings. The third-order valence-corrected chi connectivity index (χ3v) is 5.53. The molecule has 0 aromatic carbocycles. The number of fused-ring (bicyclic) bond motifs is 3. The number of allylic oxidation sites excluding steroid dienone is 10. The number of carbonyl (C=O) groups is 1. The van der Waals surface area contributed by atoms with Crippen molar-refractivity contribution in [1.82, 2.24) is 0 Å². The van der Waals surface area contributed by atoms with Crippen LogP contribution in [0.5, 0.6) is 0 Å². The molecule has 0 saturated heterocycles. The summed E-state index contributed by atoms with van der Waals surface area (Å²) in [5, 5.41) is 0. The predicted molar refractivity (Wildman–Crippen MR) is 111 cm³/mol. The smallest absolute Gasteiger partial charge is 0.416 e. The fourth-order valence-corrected chi connectivity index (χ4v) is 3.96. The second-order valence-electron chi connectivity index (χ2n) is 7.58. The van der Waals surface area contributed by atoms with Gasteiger partial charge in [0.05, 0.1) is 12.7 Å². The van der Waals surface area contributed by atoms with Crippen LogP contribution >= 0.6 is 0 Å². The molecule has 31 heavy (non-hydrogen) atoms. The number of nitrogens with zero attached hydrogens (tertiary/aromatic N) is 1. The Bertz CT molecular complexity index is 949. The molecule has 0 aromatic rings. The molecule has 2 bridgehead atoms. The maximum absolute atomic E-state index is 14.0. The molecule has 3 rings (SSSR count). The summed E-state index contributed by atoms with van der Waals surface area (Å²) in [4.78, 5) is 16.2. The van der Waals surface area contributed by atoms with Gasteiger partial charge in [-0.05, 0) is 55.4 Å². The molecule has 0 fully saturated rings. The highest BCUT2D eigenvalue weighted by molar-refractivity contribution is 6.05. The Kier molecular flexibility index (Phi) is 7.10. The Morgan fingerprint density at radius 2 is 2.10 bits per heavy atom. The number of halogens is 4. The monoisotopic (exact) mass is 436 g/mol. The summed E-state index contributed by atoms with van der Waals surface area (Å²) < 4.78 is 60.2. The van der Waals surface area contributed by atoms with Crippen molar-refractivity contribution in [2.24, 2.45) is 16.6 Å². The quantitative estimate of drug-likeness (QED) is 0.489. The number of aliphatic imine (C=N–C) groups is 1. The van der Waals surface area contributed by atoms with Gasteiger partial charge in [-0.3, -0.25) is 9.79 Å². The van der Waals surface area contributed by atoms with Crippen molar-refractivity contribution in [1.29, 1.82) is 0 Å². The van der Waals surface area contributed by atoms with Crippen molar-refractivity contribution in [2.75, 3.05) is 7.11 Å². The highest BCUT2D eigenvalue weighted by Crippen LogP contribution is 2.39. The third-order valence-electron chi connectivity index (χ3n) is 5.53. The lowest BCUT2D eigenvalue weighted by Gasteiger charge is -2.24. The minimum atomic E-state index is -4.72. The standard InChI is InChI=1S/C23H24F4N2O2/c1-31-22(30)20(28)12-15-6-8-18(21-9-7-14(15)10-11-29-21)17-5-3-2-4-16(24)13-19(17)23(25,26)27/h2,4,6,8,10-11,13-14,20H,3,5,7,9,12,28H2,1H3/t14?,20-/m0/s1. The van der Waals surface area contributed by atoms with Crippen molar-refractivity contribution in [3.63, 3.8) is 0 Å². The molecule has 2 N–H and O–H groups in total. The minimum Gasteiger partial charge on any atom is -0.468 e. The largest absolute Gasteiger partial charge is 0.468 e. The zero-order valence-corrected chi connectivity index (χ0v) is 17.1. The van der Waals surface area contributed by atoms with Crippen molar-refractivity contribution < 1.29 is 27.1 Å². The molecule has 1 heterocycles. The summed E-state index contributed by atoms with van der Waals surface area (Å²) in [7, 11) is 1.25. The number of esters is 1. The average molecular weight is 436 g/mol. The van der Waals surface area contributed by atoms with Gasteiger partial charge in [0.1, 0.15) is 11.9 Å². The van der Waals surface area contributed by atoms with Crippen LogP contribution in [0.3, 0.4) is 0 Å². The molecule has 8 heteroatoms. The van der Waals surface area contributed by atoms with E-state index in [9.17, 15) is 22.4 Å². The molecule has 2 atom stereocenters. The van der Waals surface area contributed by atoms with E-state index in [2.05, 4.69) is 9.73 Å². The summed E-state index contributed by atoms with van der Waals surface area (Å²) in [6, 6.07) is -0.877. The SMILES string of the molecule is COC(=O)[C@@H](N)CC1=CC=C(C2=C(C(F)(F)F)C=C(F)C=CCC2)C2=NC=CC1CC2. The first kappa shape index (κ1) is 22.9. The first-order chi connectivity index (χ1) is 14.7. The Hall–Kier alpha value is -2.74. The van der Waals surface area contributed by atoms with E-state index in [1.807, 2.05) is 6.08 Å². The number of methoxy groups -OCH3 is 1. The van der Waals surface area contributed by atoms with Crippen LogP contribution in [0.15, 0.2) is 75.8 Å². The van der Waals surface area contributed by atoms with Gasteiger partial charge in [-0.25, -0.2) is 4.39 Å². The van der Waals surface area contributed by atoms with E-state index in [1.54, 1.807) is 18.4 Å². The van der Waals surface area contributed by atoms with Crippen LogP contribution in [0.4, 0.5) is 17.6 Å². The van der Waals surface area contributed by atoms with Gasteiger partial charge < -0.3 is 10.5 Å². The molecule has 1 unspecified atom stereocenters. The summed E-state index contributed by atoms with van der Waals surface area (Å²) in [5.74, 6) is -1.54. The number of nitrogens with two attached hydrogens (primary N) is 1. The van der Waals surface area contributed by atoms with Crippen LogP contribution in [-0.2, 0) is 9.53 Å². The van der Waals surface area contributed by atoms with Gasteiger partial charge in [0, 0.05) is 17.8 Å². The lowest BCUT2D eigenvalue weighted by molar-refractivity contribution is -0.142. The average Bonchev–Trinajstić information content (AvgIpc) is 2.90. The molecule has 0 radical (unpaired) electrons.